The third-order valence-electron chi connectivity index (χ3n) is 4.36. The summed E-state index contributed by atoms with van der Waals surface area (Å²) in [5, 5.41) is 2.95. The summed E-state index contributed by atoms with van der Waals surface area (Å²) in [6, 6.07) is 6.79. The molecule has 0 unspecified atom stereocenters. The van der Waals surface area contributed by atoms with Crippen molar-refractivity contribution in [2.45, 2.75) is 6.42 Å². The zero-order valence-electron chi connectivity index (χ0n) is 14.4. The molecule has 26 heavy (non-hydrogen) atoms. The van der Waals surface area contributed by atoms with Crippen LogP contribution in [0, 0.1) is 9.39 Å². The maximum Gasteiger partial charge on any atom is 0.251 e. The summed E-state index contributed by atoms with van der Waals surface area (Å²) in [5.74, 6) is -0.416. The van der Waals surface area contributed by atoms with Crippen molar-refractivity contribution in [2.75, 3.05) is 39.4 Å². The molecule has 2 aromatic rings. The number of morpholine rings is 1. The molecule has 1 aromatic heterocycles. The molecule has 0 bridgehead atoms. The van der Waals surface area contributed by atoms with Crippen LogP contribution in [0.4, 0.5) is 4.39 Å². The fraction of sp³-hybridized carbons (Fsp3) is 0.368. The maximum absolute atomic E-state index is 14.1. The normalized spacial score (nSPS) is 15.0. The first-order chi connectivity index (χ1) is 12.6. The van der Waals surface area contributed by atoms with Gasteiger partial charge in [-0.3, -0.25) is 14.7 Å². The van der Waals surface area contributed by atoms with Crippen LogP contribution in [0.1, 0.15) is 21.5 Å². The highest BCUT2D eigenvalue weighted by molar-refractivity contribution is 14.1. The van der Waals surface area contributed by atoms with Crippen molar-refractivity contribution in [3.05, 3.63) is 62.7 Å². The van der Waals surface area contributed by atoms with Crippen LogP contribution in [0.25, 0.3) is 0 Å². The van der Waals surface area contributed by atoms with Crippen molar-refractivity contribution >= 4 is 28.5 Å². The highest BCUT2D eigenvalue weighted by Gasteiger charge is 2.15. The van der Waals surface area contributed by atoms with Crippen LogP contribution in [-0.4, -0.2) is 55.2 Å². The number of rotatable bonds is 6. The molecule has 7 heteroatoms. The Balaban J connectivity index is 1.63. The van der Waals surface area contributed by atoms with Crippen molar-refractivity contribution in [2.24, 2.45) is 0 Å². The minimum atomic E-state index is -0.264. The predicted octanol–water partition coefficient (Wildman–Crippen LogP) is 2.48. The van der Waals surface area contributed by atoms with Crippen molar-refractivity contribution in [3.63, 3.8) is 0 Å². The molecular weight excluding hydrogens is 448 g/mol. The molecule has 1 N–H and O–H groups in total. The van der Waals surface area contributed by atoms with Gasteiger partial charge in [0.1, 0.15) is 5.82 Å². The molecule has 5 nitrogen and oxygen atoms in total. The zero-order valence-corrected chi connectivity index (χ0v) is 16.5. The Kier molecular flexibility index (Phi) is 6.93. The first-order valence-corrected chi connectivity index (χ1v) is 9.66. The first kappa shape index (κ1) is 19.2. The number of nitrogens with one attached hydrogen (secondary N) is 1. The number of hydrogen-bond acceptors (Lipinski definition) is 4. The van der Waals surface area contributed by atoms with Crippen LogP contribution in [0.15, 0.2) is 36.7 Å². The molecular formula is C19H21FIN3O2. The summed E-state index contributed by atoms with van der Waals surface area (Å²) in [5.41, 5.74) is 1.82. The van der Waals surface area contributed by atoms with Gasteiger partial charge in [-0.05, 0) is 51.9 Å². The third kappa shape index (κ3) is 5.21. The minimum Gasteiger partial charge on any atom is -0.379 e. The van der Waals surface area contributed by atoms with E-state index in [1.165, 1.54) is 6.07 Å². The van der Waals surface area contributed by atoms with Gasteiger partial charge >= 0.3 is 0 Å². The van der Waals surface area contributed by atoms with E-state index in [0.29, 0.717) is 24.1 Å². The van der Waals surface area contributed by atoms with Gasteiger partial charge in [-0.2, -0.15) is 0 Å². The molecule has 2 heterocycles. The van der Waals surface area contributed by atoms with E-state index in [9.17, 15) is 9.18 Å². The van der Waals surface area contributed by atoms with Crippen LogP contribution in [0.3, 0.4) is 0 Å². The van der Waals surface area contributed by atoms with Crippen LogP contribution in [0.5, 0.6) is 0 Å². The molecule has 0 aliphatic carbocycles. The molecule has 1 aliphatic rings. The Bertz CT molecular complexity index is 766. The summed E-state index contributed by atoms with van der Waals surface area (Å²) in [4.78, 5) is 18.9. The van der Waals surface area contributed by atoms with Crippen molar-refractivity contribution in [1.82, 2.24) is 15.2 Å². The number of aromatic nitrogens is 1. The Morgan fingerprint density at radius 2 is 2.08 bits per heavy atom. The molecule has 1 fully saturated rings. The quantitative estimate of drug-likeness (QED) is 0.661. The first-order valence-electron chi connectivity index (χ1n) is 8.58. The molecule has 1 amide bonds. The molecule has 1 aromatic carbocycles. The monoisotopic (exact) mass is 469 g/mol. The van der Waals surface area contributed by atoms with Gasteiger partial charge in [0.2, 0.25) is 0 Å². The van der Waals surface area contributed by atoms with E-state index in [4.69, 9.17) is 4.74 Å². The second-order valence-corrected chi connectivity index (χ2v) is 7.40. The second-order valence-electron chi connectivity index (χ2n) is 6.16. The van der Waals surface area contributed by atoms with Gasteiger partial charge in [-0.15, -0.1) is 0 Å². The molecule has 3 rings (SSSR count). The van der Waals surface area contributed by atoms with Gasteiger partial charge in [-0.1, -0.05) is 6.07 Å². The summed E-state index contributed by atoms with van der Waals surface area (Å²) in [6.07, 6.45) is 3.56. The van der Waals surface area contributed by atoms with Gasteiger partial charge < -0.3 is 10.1 Å². The Labute approximate surface area is 166 Å². The predicted molar refractivity (Wildman–Crippen MR) is 106 cm³/mol. The summed E-state index contributed by atoms with van der Waals surface area (Å²) in [6.45, 7) is 4.62. The van der Waals surface area contributed by atoms with E-state index >= 15 is 0 Å². The summed E-state index contributed by atoms with van der Waals surface area (Å²) >= 11 is 2.08. The summed E-state index contributed by atoms with van der Waals surface area (Å²) in [7, 11) is 0. The Hall–Kier alpha value is -1.58. The van der Waals surface area contributed by atoms with Crippen LogP contribution in [-0.2, 0) is 11.2 Å². The van der Waals surface area contributed by atoms with Crippen molar-refractivity contribution in [3.8, 4) is 0 Å². The fourth-order valence-corrected chi connectivity index (χ4v) is 3.36. The zero-order chi connectivity index (χ0) is 18.4. The van der Waals surface area contributed by atoms with Crippen molar-refractivity contribution in [1.29, 1.82) is 0 Å². The molecule has 1 aliphatic heterocycles. The average Bonchev–Trinajstić information content (AvgIpc) is 2.65. The molecule has 138 valence electrons. The van der Waals surface area contributed by atoms with E-state index in [0.717, 1.165) is 42.0 Å². The number of hydrogen-bond donors (Lipinski definition) is 1. The number of pyridine rings is 1. The number of carbonyl (C=O) groups is 1. The van der Waals surface area contributed by atoms with E-state index in [-0.39, 0.29) is 11.7 Å². The van der Waals surface area contributed by atoms with Crippen LogP contribution in [0.2, 0.25) is 0 Å². The standard InChI is InChI=1S/C19H21FIN3O2/c20-18-12-16(21)2-1-14(18)11-15-13-22-4-3-17(15)19(25)23-5-6-24-7-9-26-10-8-24/h1-4,12-13H,5-11H2,(H,23,25). The lowest BCUT2D eigenvalue weighted by molar-refractivity contribution is 0.0383. The topological polar surface area (TPSA) is 54.5 Å². The lowest BCUT2D eigenvalue weighted by atomic mass is 10.0. The summed E-state index contributed by atoms with van der Waals surface area (Å²) < 4.78 is 20.3. The number of halogens is 2. The number of ether oxygens (including phenoxy) is 1. The number of amides is 1. The van der Waals surface area contributed by atoms with Gasteiger partial charge in [-0.25, -0.2) is 4.39 Å². The van der Waals surface area contributed by atoms with Gasteiger partial charge in [0.05, 0.1) is 13.2 Å². The highest BCUT2D eigenvalue weighted by Crippen LogP contribution is 2.18. The van der Waals surface area contributed by atoms with E-state index in [1.807, 2.05) is 6.07 Å². The fourth-order valence-electron chi connectivity index (χ4n) is 2.91. The molecule has 1 saturated heterocycles. The molecule has 0 saturated carbocycles. The molecule has 0 radical (unpaired) electrons. The SMILES string of the molecule is O=C(NCCN1CCOCC1)c1ccncc1Cc1ccc(I)cc1F. The number of carbonyl (C=O) groups excluding carboxylic acids is 1. The smallest absolute Gasteiger partial charge is 0.251 e. The minimum absolute atomic E-state index is 0.151. The van der Waals surface area contributed by atoms with Crippen LogP contribution >= 0.6 is 22.6 Å². The Morgan fingerprint density at radius 1 is 1.27 bits per heavy atom. The van der Waals surface area contributed by atoms with Gasteiger partial charge in [0, 0.05) is 54.1 Å². The van der Waals surface area contributed by atoms with E-state index in [2.05, 4.69) is 37.8 Å². The second kappa shape index (κ2) is 9.38. The van der Waals surface area contributed by atoms with Crippen LogP contribution < -0.4 is 5.32 Å². The highest BCUT2D eigenvalue weighted by atomic mass is 127. The lowest BCUT2D eigenvalue weighted by Gasteiger charge is -2.26. The third-order valence-corrected chi connectivity index (χ3v) is 5.03. The molecule has 0 atom stereocenters. The largest absolute Gasteiger partial charge is 0.379 e. The van der Waals surface area contributed by atoms with Gasteiger partial charge in [0.15, 0.2) is 0 Å². The van der Waals surface area contributed by atoms with E-state index in [1.54, 1.807) is 24.5 Å². The number of benzene rings is 1. The molecule has 0 spiro atoms. The number of nitrogens with zero attached hydrogens (tertiary/aromatic N) is 2. The van der Waals surface area contributed by atoms with E-state index < -0.39 is 0 Å². The maximum atomic E-state index is 14.1. The van der Waals surface area contributed by atoms with Crippen molar-refractivity contribution < 1.29 is 13.9 Å². The average molecular weight is 469 g/mol. The Morgan fingerprint density at radius 3 is 2.85 bits per heavy atom. The lowest BCUT2D eigenvalue weighted by Crippen LogP contribution is -2.41. The van der Waals surface area contributed by atoms with Gasteiger partial charge in [0.25, 0.3) is 5.91 Å².